The van der Waals surface area contributed by atoms with Gasteiger partial charge in [0, 0.05) is 0 Å². The number of hydrogen-bond acceptors (Lipinski definition) is 1. The lowest BCUT2D eigenvalue weighted by molar-refractivity contribution is -0.143. The average molecular weight is 158 g/mol. The van der Waals surface area contributed by atoms with Crippen molar-refractivity contribution in [1.29, 1.82) is 0 Å². The molecule has 0 radical (unpaired) electrons. The van der Waals surface area contributed by atoms with E-state index >= 15 is 0 Å². The highest BCUT2D eigenvalue weighted by molar-refractivity contribution is 5.70. The number of aliphatic carboxylic acids is 1. The van der Waals surface area contributed by atoms with Crippen LogP contribution in [0.3, 0.4) is 0 Å². The van der Waals surface area contributed by atoms with Crippen LogP contribution in [-0.4, -0.2) is 11.1 Å². The summed E-state index contributed by atoms with van der Waals surface area (Å²) in [6.07, 6.45) is 2.72. The molecule has 0 spiro atoms. The van der Waals surface area contributed by atoms with Gasteiger partial charge in [-0.15, -0.1) is 0 Å². The van der Waals surface area contributed by atoms with Crippen molar-refractivity contribution in [1.82, 2.24) is 0 Å². The van der Waals surface area contributed by atoms with E-state index in [1.807, 2.05) is 20.8 Å². The number of carboxylic acids is 1. The van der Waals surface area contributed by atoms with Gasteiger partial charge in [0.05, 0.1) is 5.92 Å². The molecule has 0 rings (SSSR count). The van der Waals surface area contributed by atoms with Crippen molar-refractivity contribution in [2.45, 2.75) is 40.0 Å². The summed E-state index contributed by atoms with van der Waals surface area (Å²) in [4.78, 5) is 10.7. The number of rotatable bonds is 5. The molecule has 0 saturated carbocycles. The van der Waals surface area contributed by atoms with Crippen molar-refractivity contribution >= 4 is 5.97 Å². The van der Waals surface area contributed by atoms with Crippen molar-refractivity contribution in [3.8, 4) is 0 Å². The molecule has 0 bridgehead atoms. The van der Waals surface area contributed by atoms with Crippen LogP contribution in [0.5, 0.6) is 0 Å². The quantitative estimate of drug-likeness (QED) is 0.667. The summed E-state index contributed by atoms with van der Waals surface area (Å²) in [5, 5.41) is 8.81. The third-order valence-electron chi connectivity index (χ3n) is 2.25. The Bertz CT molecular complexity index is 121. The first kappa shape index (κ1) is 10.5. The highest BCUT2D eigenvalue weighted by Crippen LogP contribution is 2.20. The Morgan fingerprint density at radius 3 is 2.27 bits per heavy atom. The fourth-order valence-corrected chi connectivity index (χ4v) is 1.25. The zero-order valence-electron chi connectivity index (χ0n) is 7.63. The molecule has 0 heterocycles. The summed E-state index contributed by atoms with van der Waals surface area (Å²) in [7, 11) is 0. The van der Waals surface area contributed by atoms with Gasteiger partial charge < -0.3 is 5.11 Å². The van der Waals surface area contributed by atoms with E-state index in [-0.39, 0.29) is 5.92 Å². The highest BCUT2D eigenvalue weighted by Gasteiger charge is 2.21. The Morgan fingerprint density at radius 1 is 1.45 bits per heavy atom. The van der Waals surface area contributed by atoms with Crippen LogP contribution >= 0.6 is 0 Å². The van der Waals surface area contributed by atoms with Crippen molar-refractivity contribution in [3.05, 3.63) is 0 Å². The zero-order valence-corrected chi connectivity index (χ0v) is 7.63. The minimum absolute atomic E-state index is 0.134. The maximum atomic E-state index is 10.7. The summed E-state index contributed by atoms with van der Waals surface area (Å²) in [5.74, 6) is -0.460. The molecule has 0 saturated heterocycles. The lowest BCUT2D eigenvalue weighted by Gasteiger charge is -2.17. The Balaban J connectivity index is 3.97. The van der Waals surface area contributed by atoms with Crippen LogP contribution in [0.25, 0.3) is 0 Å². The van der Waals surface area contributed by atoms with Crippen LogP contribution in [0.2, 0.25) is 0 Å². The number of carboxylic acid groups (broad SMARTS) is 1. The van der Waals surface area contributed by atoms with E-state index < -0.39 is 5.97 Å². The van der Waals surface area contributed by atoms with Crippen LogP contribution in [0.4, 0.5) is 0 Å². The summed E-state index contributed by atoms with van der Waals surface area (Å²) >= 11 is 0. The van der Waals surface area contributed by atoms with Gasteiger partial charge in [-0.2, -0.15) is 0 Å². The molecule has 0 aromatic heterocycles. The second-order valence-electron chi connectivity index (χ2n) is 3.12. The minimum atomic E-state index is -0.638. The van der Waals surface area contributed by atoms with Crippen molar-refractivity contribution in [2.24, 2.45) is 11.8 Å². The Hall–Kier alpha value is -0.530. The lowest BCUT2D eigenvalue weighted by Crippen LogP contribution is -2.20. The van der Waals surface area contributed by atoms with Crippen molar-refractivity contribution < 1.29 is 9.90 Å². The maximum Gasteiger partial charge on any atom is 0.306 e. The Labute approximate surface area is 68.6 Å². The summed E-state index contributed by atoms with van der Waals surface area (Å²) in [6, 6.07) is 0. The SMILES string of the molecule is CCCC(C(=O)O)C(C)CC. The minimum Gasteiger partial charge on any atom is -0.481 e. The van der Waals surface area contributed by atoms with E-state index in [2.05, 4.69) is 0 Å². The molecule has 11 heavy (non-hydrogen) atoms. The standard InChI is InChI=1S/C9H18O2/c1-4-6-8(9(10)11)7(3)5-2/h7-8H,4-6H2,1-3H3,(H,10,11). The molecule has 1 N–H and O–H groups in total. The summed E-state index contributed by atoms with van der Waals surface area (Å²) in [6.45, 7) is 6.07. The van der Waals surface area contributed by atoms with Gasteiger partial charge in [-0.1, -0.05) is 33.6 Å². The maximum absolute atomic E-state index is 10.7. The fraction of sp³-hybridized carbons (Fsp3) is 0.889. The third-order valence-corrected chi connectivity index (χ3v) is 2.25. The zero-order chi connectivity index (χ0) is 8.85. The van der Waals surface area contributed by atoms with Gasteiger partial charge >= 0.3 is 5.97 Å². The smallest absolute Gasteiger partial charge is 0.306 e. The van der Waals surface area contributed by atoms with E-state index in [9.17, 15) is 4.79 Å². The molecule has 0 aliphatic carbocycles. The third kappa shape index (κ3) is 3.40. The molecule has 2 nitrogen and oxygen atoms in total. The molecule has 0 aliphatic heterocycles. The molecule has 2 heteroatoms. The van der Waals surface area contributed by atoms with Gasteiger partial charge in [-0.05, 0) is 12.3 Å². The normalized spacial score (nSPS) is 15.9. The fourth-order valence-electron chi connectivity index (χ4n) is 1.25. The lowest BCUT2D eigenvalue weighted by atomic mass is 9.88. The van der Waals surface area contributed by atoms with Gasteiger partial charge in [0.15, 0.2) is 0 Å². The first-order valence-electron chi connectivity index (χ1n) is 4.36. The largest absolute Gasteiger partial charge is 0.481 e. The molecule has 0 aromatic carbocycles. The van der Waals surface area contributed by atoms with E-state index in [1.165, 1.54) is 0 Å². The van der Waals surface area contributed by atoms with E-state index in [4.69, 9.17) is 5.11 Å². The highest BCUT2D eigenvalue weighted by atomic mass is 16.4. The molecule has 2 unspecified atom stereocenters. The van der Waals surface area contributed by atoms with Gasteiger partial charge in [0.2, 0.25) is 0 Å². The molecular formula is C9H18O2. The number of hydrogen-bond donors (Lipinski definition) is 1. The molecule has 66 valence electrons. The van der Waals surface area contributed by atoms with Crippen LogP contribution in [0.15, 0.2) is 0 Å². The molecule has 0 aliphatic rings. The van der Waals surface area contributed by atoms with E-state index in [1.54, 1.807) is 0 Å². The Morgan fingerprint density at radius 2 is 2.00 bits per heavy atom. The van der Waals surface area contributed by atoms with Crippen LogP contribution in [-0.2, 0) is 4.79 Å². The van der Waals surface area contributed by atoms with Crippen LogP contribution in [0.1, 0.15) is 40.0 Å². The molecule has 2 atom stereocenters. The average Bonchev–Trinajstić information content (AvgIpc) is 1.98. The van der Waals surface area contributed by atoms with Crippen LogP contribution in [0, 0.1) is 11.8 Å². The predicted octanol–water partition coefficient (Wildman–Crippen LogP) is 2.53. The topological polar surface area (TPSA) is 37.3 Å². The van der Waals surface area contributed by atoms with Gasteiger partial charge in [0.25, 0.3) is 0 Å². The first-order valence-corrected chi connectivity index (χ1v) is 4.36. The van der Waals surface area contributed by atoms with Gasteiger partial charge in [-0.3, -0.25) is 4.79 Å². The van der Waals surface area contributed by atoms with Crippen molar-refractivity contribution in [2.75, 3.05) is 0 Å². The molecule has 0 aromatic rings. The van der Waals surface area contributed by atoms with E-state index in [0.29, 0.717) is 5.92 Å². The monoisotopic (exact) mass is 158 g/mol. The molecule has 0 fully saturated rings. The second kappa shape index (κ2) is 5.16. The predicted molar refractivity (Wildman–Crippen MR) is 45.5 cm³/mol. The molecular weight excluding hydrogens is 140 g/mol. The molecule has 0 amide bonds. The summed E-state index contributed by atoms with van der Waals surface area (Å²) in [5.41, 5.74) is 0. The Kier molecular flexibility index (Phi) is 4.92. The second-order valence-corrected chi connectivity index (χ2v) is 3.12. The van der Waals surface area contributed by atoms with Gasteiger partial charge in [-0.25, -0.2) is 0 Å². The van der Waals surface area contributed by atoms with Gasteiger partial charge in [0.1, 0.15) is 0 Å². The first-order chi connectivity index (χ1) is 5.13. The van der Waals surface area contributed by atoms with Crippen LogP contribution < -0.4 is 0 Å². The summed E-state index contributed by atoms with van der Waals surface area (Å²) < 4.78 is 0. The van der Waals surface area contributed by atoms with E-state index in [0.717, 1.165) is 19.3 Å². The number of carbonyl (C=O) groups is 1. The van der Waals surface area contributed by atoms with Crippen molar-refractivity contribution in [3.63, 3.8) is 0 Å².